The minimum absolute atomic E-state index is 0.0297. The zero-order chi connectivity index (χ0) is 16.4. The van der Waals surface area contributed by atoms with E-state index in [0.717, 1.165) is 10.2 Å². The molecule has 0 atom stereocenters. The van der Waals surface area contributed by atoms with Gasteiger partial charge in [0.2, 0.25) is 0 Å². The second-order valence-electron chi connectivity index (χ2n) is 4.96. The molecule has 0 saturated carbocycles. The molecule has 0 fully saturated rings. The van der Waals surface area contributed by atoms with E-state index in [9.17, 15) is 14.0 Å². The van der Waals surface area contributed by atoms with E-state index in [-0.39, 0.29) is 28.2 Å². The number of nitrogens with one attached hydrogen (secondary N) is 2. The van der Waals surface area contributed by atoms with Crippen molar-refractivity contribution in [2.75, 3.05) is 12.4 Å². The molecule has 116 valence electrons. The van der Waals surface area contributed by atoms with E-state index in [0.29, 0.717) is 0 Å². The first-order valence-corrected chi connectivity index (χ1v) is 6.68. The van der Waals surface area contributed by atoms with Gasteiger partial charge in [0.1, 0.15) is 5.82 Å². The maximum absolute atomic E-state index is 14.0. The fourth-order valence-corrected chi connectivity index (χ4v) is 2.06. The van der Waals surface area contributed by atoms with Crippen molar-refractivity contribution in [2.24, 2.45) is 7.05 Å². The number of hydrogen-bond acceptors (Lipinski definition) is 4. The molecular formula is C15H17FN4O2. The lowest BCUT2D eigenvalue weighted by Crippen LogP contribution is -2.30. The summed E-state index contributed by atoms with van der Waals surface area (Å²) in [5.74, 6) is -0.934. The van der Waals surface area contributed by atoms with Gasteiger partial charge < -0.3 is 10.6 Å². The highest BCUT2D eigenvalue weighted by molar-refractivity contribution is 5.98. The second-order valence-corrected chi connectivity index (χ2v) is 4.96. The summed E-state index contributed by atoms with van der Waals surface area (Å²) in [6, 6.07) is 4.65. The Bertz CT molecular complexity index is 799. The van der Waals surface area contributed by atoms with Gasteiger partial charge >= 0.3 is 0 Å². The van der Waals surface area contributed by atoms with E-state index < -0.39 is 11.7 Å². The molecule has 0 radical (unpaired) electrons. The van der Waals surface area contributed by atoms with E-state index in [2.05, 4.69) is 15.7 Å². The van der Waals surface area contributed by atoms with Crippen LogP contribution < -0.4 is 16.2 Å². The van der Waals surface area contributed by atoms with Crippen molar-refractivity contribution in [3.63, 3.8) is 0 Å². The van der Waals surface area contributed by atoms with Crippen LogP contribution in [0.1, 0.15) is 21.6 Å². The summed E-state index contributed by atoms with van der Waals surface area (Å²) in [6.07, 6.45) is 0. The van der Waals surface area contributed by atoms with Gasteiger partial charge in [-0.1, -0.05) is 6.07 Å². The summed E-state index contributed by atoms with van der Waals surface area (Å²) in [4.78, 5) is 24.0. The maximum atomic E-state index is 14.0. The molecule has 2 N–H and O–H groups in total. The molecule has 0 aliphatic heterocycles. The summed E-state index contributed by atoms with van der Waals surface area (Å²) < 4.78 is 15.1. The maximum Gasteiger partial charge on any atom is 0.273 e. The van der Waals surface area contributed by atoms with Crippen molar-refractivity contribution in [1.29, 1.82) is 0 Å². The Morgan fingerprint density at radius 1 is 1.32 bits per heavy atom. The van der Waals surface area contributed by atoms with Crippen LogP contribution in [0.25, 0.3) is 0 Å². The lowest BCUT2D eigenvalue weighted by Gasteiger charge is -2.15. The molecule has 6 nitrogen and oxygen atoms in total. The van der Waals surface area contributed by atoms with Gasteiger partial charge in [0.15, 0.2) is 5.69 Å². The average Bonchev–Trinajstić information content (AvgIpc) is 2.49. The number of amides is 1. The van der Waals surface area contributed by atoms with Crippen LogP contribution in [0.4, 0.5) is 15.8 Å². The standard InChI is InChI=1S/C15H17FN4O2/c1-8-5-6-11(10(16)7-8)18-12-9(2)15(22)20(4)19-13(12)14(21)17-3/h5-7,18H,1-4H3,(H,17,21). The first kappa shape index (κ1) is 15.7. The number of aryl methyl sites for hydroxylation is 2. The highest BCUT2D eigenvalue weighted by Crippen LogP contribution is 2.24. The Kier molecular flexibility index (Phi) is 4.25. The predicted octanol–water partition coefficient (Wildman–Crippen LogP) is 1.64. The number of benzene rings is 1. The van der Waals surface area contributed by atoms with Gasteiger partial charge in [-0.05, 0) is 31.5 Å². The molecule has 1 heterocycles. The molecule has 0 aliphatic rings. The zero-order valence-electron chi connectivity index (χ0n) is 12.8. The predicted molar refractivity (Wildman–Crippen MR) is 82.0 cm³/mol. The molecule has 2 rings (SSSR count). The van der Waals surface area contributed by atoms with E-state index in [4.69, 9.17) is 0 Å². The summed E-state index contributed by atoms with van der Waals surface area (Å²) in [5, 5.41) is 9.22. The summed E-state index contributed by atoms with van der Waals surface area (Å²) in [6.45, 7) is 3.33. The number of hydrogen-bond donors (Lipinski definition) is 2. The van der Waals surface area contributed by atoms with Crippen LogP contribution in [0, 0.1) is 19.7 Å². The molecule has 22 heavy (non-hydrogen) atoms. The third-order valence-electron chi connectivity index (χ3n) is 3.30. The molecule has 0 unspecified atom stereocenters. The SMILES string of the molecule is CNC(=O)c1nn(C)c(=O)c(C)c1Nc1ccc(C)cc1F. The van der Waals surface area contributed by atoms with E-state index >= 15 is 0 Å². The van der Waals surface area contributed by atoms with E-state index in [1.807, 2.05) is 0 Å². The molecule has 0 spiro atoms. The summed E-state index contributed by atoms with van der Waals surface area (Å²) >= 11 is 0. The molecule has 1 amide bonds. The zero-order valence-corrected chi connectivity index (χ0v) is 12.8. The van der Waals surface area contributed by atoms with Crippen LogP contribution in [-0.4, -0.2) is 22.7 Å². The monoisotopic (exact) mass is 304 g/mol. The molecule has 2 aromatic rings. The van der Waals surface area contributed by atoms with Crippen LogP contribution in [0.3, 0.4) is 0 Å². The third-order valence-corrected chi connectivity index (χ3v) is 3.30. The number of carbonyl (C=O) groups excluding carboxylic acids is 1. The number of halogens is 1. The van der Waals surface area contributed by atoms with Gasteiger partial charge in [0.25, 0.3) is 11.5 Å². The minimum Gasteiger partial charge on any atom is -0.354 e. The first-order chi connectivity index (χ1) is 10.3. The number of rotatable bonds is 3. The lowest BCUT2D eigenvalue weighted by atomic mass is 10.1. The largest absolute Gasteiger partial charge is 0.354 e. The summed E-state index contributed by atoms with van der Waals surface area (Å²) in [7, 11) is 2.92. The van der Waals surface area contributed by atoms with Gasteiger partial charge in [0.05, 0.1) is 11.4 Å². The lowest BCUT2D eigenvalue weighted by molar-refractivity contribution is 0.0956. The highest BCUT2D eigenvalue weighted by Gasteiger charge is 2.19. The van der Waals surface area contributed by atoms with Crippen LogP contribution in [-0.2, 0) is 7.05 Å². The quantitative estimate of drug-likeness (QED) is 0.904. The Balaban J connectivity index is 2.60. The third kappa shape index (κ3) is 2.83. The van der Waals surface area contributed by atoms with Gasteiger partial charge in [-0.25, -0.2) is 9.07 Å². The summed E-state index contributed by atoms with van der Waals surface area (Å²) in [5.41, 5.74) is 1.10. The smallest absolute Gasteiger partial charge is 0.273 e. The number of anilines is 2. The van der Waals surface area contributed by atoms with Crippen molar-refractivity contribution in [3.8, 4) is 0 Å². The van der Waals surface area contributed by atoms with Crippen molar-refractivity contribution >= 4 is 17.3 Å². The Labute approximate surface area is 127 Å². The molecule has 1 aromatic carbocycles. The fourth-order valence-electron chi connectivity index (χ4n) is 2.06. The minimum atomic E-state index is -0.470. The molecule has 0 saturated heterocycles. The van der Waals surface area contributed by atoms with Crippen LogP contribution in [0.2, 0.25) is 0 Å². The molecule has 7 heteroatoms. The van der Waals surface area contributed by atoms with Crippen molar-refractivity contribution in [2.45, 2.75) is 13.8 Å². The number of aromatic nitrogens is 2. The molecule has 1 aromatic heterocycles. The van der Waals surface area contributed by atoms with Crippen LogP contribution in [0.5, 0.6) is 0 Å². The van der Waals surface area contributed by atoms with E-state index in [1.165, 1.54) is 20.2 Å². The van der Waals surface area contributed by atoms with Crippen LogP contribution in [0.15, 0.2) is 23.0 Å². The number of carbonyl (C=O) groups is 1. The molecular weight excluding hydrogens is 287 g/mol. The highest BCUT2D eigenvalue weighted by atomic mass is 19.1. The van der Waals surface area contributed by atoms with Crippen molar-refractivity contribution in [3.05, 3.63) is 51.2 Å². The van der Waals surface area contributed by atoms with Gasteiger partial charge in [-0.15, -0.1) is 0 Å². The first-order valence-electron chi connectivity index (χ1n) is 6.68. The Hall–Kier alpha value is -2.70. The topological polar surface area (TPSA) is 76.0 Å². The second kappa shape index (κ2) is 5.97. The molecule has 0 aliphatic carbocycles. The Morgan fingerprint density at radius 2 is 2.00 bits per heavy atom. The Morgan fingerprint density at radius 3 is 2.59 bits per heavy atom. The van der Waals surface area contributed by atoms with Crippen molar-refractivity contribution < 1.29 is 9.18 Å². The van der Waals surface area contributed by atoms with Crippen molar-refractivity contribution in [1.82, 2.24) is 15.1 Å². The van der Waals surface area contributed by atoms with Gasteiger partial charge in [-0.3, -0.25) is 9.59 Å². The molecule has 0 bridgehead atoms. The normalized spacial score (nSPS) is 10.4. The van der Waals surface area contributed by atoms with Crippen LogP contribution >= 0.6 is 0 Å². The van der Waals surface area contributed by atoms with Gasteiger partial charge in [-0.2, -0.15) is 5.10 Å². The van der Waals surface area contributed by atoms with E-state index in [1.54, 1.807) is 26.0 Å². The number of nitrogens with zero attached hydrogens (tertiary/aromatic N) is 2. The van der Waals surface area contributed by atoms with Gasteiger partial charge in [0, 0.05) is 19.7 Å². The average molecular weight is 304 g/mol. The fraction of sp³-hybridized carbons (Fsp3) is 0.267.